The number of rotatable bonds is 4. The van der Waals surface area contributed by atoms with Crippen LogP contribution in [0.3, 0.4) is 0 Å². The van der Waals surface area contributed by atoms with Gasteiger partial charge in [-0.1, -0.05) is 11.6 Å². The summed E-state index contributed by atoms with van der Waals surface area (Å²) in [5.74, 6) is 0. The molecule has 14 heavy (non-hydrogen) atoms. The van der Waals surface area contributed by atoms with Gasteiger partial charge in [0.15, 0.2) is 5.03 Å². The van der Waals surface area contributed by atoms with E-state index in [2.05, 4.69) is 9.82 Å². The van der Waals surface area contributed by atoms with Crippen LogP contribution in [-0.4, -0.2) is 31.3 Å². The first kappa shape index (κ1) is 11.4. The van der Waals surface area contributed by atoms with Crippen molar-refractivity contribution < 1.29 is 8.42 Å². The van der Waals surface area contributed by atoms with E-state index < -0.39 is 10.0 Å². The number of nitrogens with one attached hydrogen (secondary N) is 1. The van der Waals surface area contributed by atoms with Gasteiger partial charge in [-0.25, -0.2) is 13.1 Å². The standard InChI is InChI=1S/C6H11ClN4O2S/c1-11-6(5(7)4-9-11)14(12,13)10-3-2-8/h4,10H,2-3,8H2,1H3. The Hall–Kier alpha value is -0.630. The van der Waals surface area contributed by atoms with Gasteiger partial charge in [0.1, 0.15) is 0 Å². The fraction of sp³-hybridized carbons (Fsp3) is 0.500. The molecule has 0 saturated heterocycles. The van der Waals surface area contributed by atoms with E-state index in [0.29, 0.717) is 0 Å². The van der Waals surface area contributed by atoms with Crippen molar-refractivity contribution in [2.24, 2.45) is 12.8 Å². The average Bonchev–Trinajstić information content (AvgIpc) is 2.43. The third-order valence-corrected chi connectivity index (χ3v) is 3.50. The molecule has 1 aromatic heterocycles. The lowest BCUT2D eigenvalue weighted by molar-refractivity contribution is 0.564. The molecule has 0 saturated carbocycles. The van der Waals surface area contributed by atoms with Gasteiger partial charge in [-0.05, 0) is 0 Å². The Kier molecular flexibility index (Phi) is 3.48. The van der Waals surface area contributed by atoms with Gasteiger partial charge in [-0.3, -0.25) is 4.68 Å². The smallest absolute Gasteiger partial charge is 0.259 e. The first-order valence-electron chi connectivity index (χ1n) is 3.86. The first-order valence-corrected chi connectivity index (χ1v) is 5.72. The zero-order valence-electron chi connectivity index (χ0n) is 7.57. The topological polar surface area (TPSA) is 90.0 Å². The summed E-state index contributed by atoms with van der Waals surface area (Å²) in [5.41, 5.74) is 5.18. The van der Waals surface area contributed by atoms with Gasteiger partial charge in [0, 0.05) is 20.1 Å². The molecule has 0 aliphatic carbocycles. The van der Waals surface area contributed by atoms with Crippen LogP contribution in [0.15, 0.2) is 11.2 Å². The van der Waals surface area contributed by atoms with Crippen LogP contribution in [0.1, 0.15) is 0 Å². The molecule has 0 unspecified atom stereocenters. The molecule has 8 heteroatoms. The van der Waals surface area contributed by atoms with Crippen LogP contribution in [-0.2, 0) is 17.1 Å². The third-order valence-electron chi connectivity index (χ3n) is 1.53. The Morgan fingerprint density at radius 2 is 2.36 bits per heavy atom. The van der Waals surface area contributed by atoms with E-state index in [0.717, 1.165) is 0 Å². The lowest BCUT2D eigenvalue weighted by Gasteiger charge is -2.05. The molecule has 1 rings (SSSR count). The molecule has 0 fully saturated rings. The zero-order chi connectivity index (χ0) is 10.8. The molecule has 1 aromatic rings. The van der Waals surface area contributed by atoms with E-state index in [9.17, 15) is 8.42 Å². The Balaban J connectivity index is 3.04. The predicted molar refractivity (Wildman–Crippen MR) is 52.5 cm³/mol. The van der Waals surface area contributed by atoms with E-state index in [1.807, 2.05) is 0 Å². The highest BCUT2D eigenvalue weighted by Gasteiger charge is 2.21. The van der Waals surface area contributed by atoms with Gasteiger partial charge in [0.25, 0.3) is 10.0 Å². The van der Waals surface area contributed by atoms with Crippen molar-refractivity contribution in [1.82, 2.24) is 14.5 Å². The molecule has 0 spiro atoms. The molecule has 0 atom stereocenters. The number of hydrogen-bond donors (Lipinski definition) is 2. The van der Waals surface area contributed by atoms with E-state index in [1.165, 1.54) is 17.9 Å². The summed E-state index contributed by atoms with van der Waals surface area (Å²) in [6, 6.07) is 0. The molecule has 0 aliphatic heterocycles. The number of aromatic nitrogens is 2. The van der Waals surface area contributed by atoms with Gasteiger partial charge < -0.3 is 5.73 Å². The molecular weight excluding hydrogens is 228 g/mol. The lowest BCUT2D eigenvalue weighted by Crippen LogP contribution is -2.30. The quantitative estimate of drug-likeness (QED) is 0.727. The van der Waals surface area contributed by atoms with Crippen molar-refractivity contribution in [3.05, 3.63) is 11.2 Å². The Morgan fingerprint density at radius 3 is 2.79 bits per heavy atom. The fourth-order valence-corrected chi connectivity index (χ4v) is 2.66. The summed E-state index contributed by atoms with van der Waals surface area (Å²) in [5, 5.41) is 3.77. The monoisotopic (exact) mass is 238 g/mol. The number of hydrogen-bond acceptors (Lipinski definition) is 4. The van der Waals surface area contributed by atoms with Crippen LogP contribution in [0.2, 0.25) is 5.02 Å². The second kappa shape index (κ2) is 4.26. The average molecular weight is 239 g/mol. The van der Waals surface area contributed by atoms with Crippen molar-refractivity contribution in [2.75, 3.05) is 13.1 Å². The molecule has 80 valence electrons. The summed E-state index contributed by atoms with van der Waals surface area (Å²) in [6.07, 6.45) is 1.28. The molecule has 1 heterocycles. The van der Waals surface area contributed by atoms with Crippen molar-refractivity contribution >= 4 is 21.6 Å². The summed E-state index contributed by atoms with van der Waals surface area (Å²) in [6.45, 7) is 0.401. The van der Waals surface area contributed by atoms with Crippen molar-refractivity contribution in [3.8, 4) is 0 Å². The molecule has 0 radical (unpaired) electrons. The summed E-state index contributed by atoms with van der Waals surface area (Å²) < 4.78 is 26.7. The van der Waals surface area contributed by atoms with E-state index >= 15 is 0 Å². The maximum Gasteiger partial charge on any atom is 0.259 e. The van der Waals surface area contributed by atoms with Crippen molar-refractivity contribution in [2.45, 2.75) is 5.03 Å². The molecule has 3 N–H and O–H groups in total. The van der Waals surface area contributed by atoms with Gasteiger partial charge in [-0.2, -0.15) is 5.10 Å². The lowest BCUT2D eigenvalue weighted by atomic mass is 10.7. The molecular formula is C6H11ClN4O2S. The molecule has 0 aromatic carbocycles. The number of halogens is 1. The van der Waals surface area contributed by atoms with Crippen LogP contribution in [0.25, 0.3) is 0 Å². The van der Waals surface area contributed by atoms with Gasteiger partial charge in [0.05, 0.1) is 11.2 Å². The third kappa shape index (κ3) is 2.24. The Morgan fingerprint density at radius 1 is 1.71 bits per heavy atom. The summed E-state index contributed by atoms with van der Waals surface area (Å²) >= 11 is 5.67. The summed E-state index contributed by atoms with van der Waals surface area (Å²) in [4.78, 5) is 0. The highest BCUT2D eigenvalue weighted by Crippen LogP contribution is 2.18. The number of nitrogens with zero attached hydrogens (tertiary/aromatic N) is 2. The minimum Gasteiger partial charge on any atom is -0.329 e. The SMILES string of the molecule is Cn1ncc(Cl)c1S(=O)(=O)NCCN. The van der Waals surface area contributed by atoms with Crippen LogP contribution in [0.5, 0.6) is 0 Å². The zero-order valence-corrected chi connectivity index (χ0v) is 9.14. The van der Waals surface area contributed by atoms with E-state index in [4.69, 9.17) is 17.3 Å². The van der Waals surface area contributed by atoms with Crippen molar-refractivity contribution in [1.29, 1.82) is 0 Å². The Labute approximate surface area is 87.1 Å². The molecule has 6 nitrogen and oxygen atoms in total. The number of sulfonamides is 1. The predicted octanol–water partition coefficient (Wildman–Crippen LogP) is -0.689. The van der Waals surface area contributed by atoms with Gasteiger partial charge >= 0.3 is 0 Å². The second-order valence-electron chi connectivity index (χ2n) is 2.61. The molecule has 0 aliphatic rings. The maximum atomic E-state index is 11.6. The van der Waals surface area contributed by atoms with Crippen molar-refractivity contribution in [3.63, 3.8) is 0 Å². The molecule has 0 amide bonds. The van der Waals surface area contributed by atoms with E-state index in [-0.39, 0.29) is 23.1 Å². The normalized spacial score (nSPS) is 11.9. The highest BCUT2D eigenvalue weighted by molar-refractivity contribution is 7.89. The molecule has 0 bridgehead atoms. The fourth-order valence-electron chi connectivity index (χ4n) is 0.963. The minimum atomic E-state index is -3.60. The summed E-state index contributed by atoms with van der Waals surface area (Å²) in [7, 11) is -2.10. The van der Waals surface area contributed by atoms with Crippen LogP contribution < -0.4 is 10.5 Å². The van der Waals surface area contributed by atoms with Crippen LogP contribution >= 0.6 is 11.6 Å². The largest absolute Gasteiger partial charge is 0.329 e. The van der Waals surface area contributed by atoms with Gasteiger partial charge in [-0.15, -0.1) is 0 Å². The Bertz CT molecular complexity index is 394. The number of nitrogens with two attached hydrogens (primary N) is 1. The first-order chi connectivity index (χ1) is 6.49. The van der Waals surface area contributed by atoms with Crippen LogP contribution in [0.4, 0.5) is 0 Å². The van der Waals surface area contributed by atoms with E-state index in [1.54, 1.807) is 0 Å². The van der Waals surface area contributed by atoms with Gasteiger partial charge in [0.2, 0.25) is 0 Å². The maximum absolute atomic E-state index is 11.6. The minimum absolute atomic E-state index is 0.0485. The van der Waals surface area contributed by atoms with Crippen LogP contribution in [0, 0.1) is 0 Å². The second-order valence-corrected chi connectivity index (χ2v) is 4.70. The highest BCUT2D eigenvalue weighted by atomic mass is 35.5. The number of aryl methyl sites for hydroxylation is 1.